The molecule has 0 amide bonds. The number of nitrogens with zero attached hydrogens (tertiary/aromatic N) is 4. The first kappa shape index (κ1) is 21.6. The van der Waals surface area contributed by atoms with E-state index in [0.717, 1.165) is 16.9 Å². The Morgan fingerprint density at radius 3 is 2.55 bits per heavy atom. The Morgan fingerprint density at radius 1 is 1.12 bits per heavy atom. The van der Waals surface area contributed by atoms with Crippen molar-refractivity contribution in [3.63, 3.8) is 0 Å². The molecule has 0 saturated heterocycles. The van der Waals surface area contributed by atoms with Crippen molar-refractivity contribution < 1.29 is 13.9 Å². The van der Waals surface area contributed by atoms with Gasteiger partial charge in [0.2, 0.25) is 0 Å². The molecule has 8 nitrogen and oxygen atoms in total. The maximum absolute atomic E-state index is 13.0. The van der Waals surface area contributed by atoms with Gasteiger partial charge in [-0.25, -0.2) is 14.5 Å². The molecule has 0 aliphatic rings. The van der Waals surface area contributed by atoms with Crippen molar-refractivity contribution in [3.8, 4) is 23.1 Å². The number of ether oxygens (including phenoxy) is 1. The molecule has 0 unspecified atom stereocenters. The Bertz CT molecular complexity index is 1420. The molecule has 8 heteroatoms. The molecular formula is C25H20N4O4. The predicted molar refractivity (Wildman–Crippen MR) is 123 cm³/mol. The van der Waals surface area contributed by atoms with E-state index in [4.69, 9.17) is 14.4 Å². The monoisotopic (exact) mass is 440 g/mol. The van der Waals surface area contributed by atoms with E-state index in [1.54, 1.807) is 51.8 Å². The topological polar surface area (TPSA) is 103 Å². The number of aliphatic imine (C=N–C) groups is 1. The summed E-state index contributed by atoms with van der Waals surface area (Å²) < 4.78 is 14.0. The Hall–Kier alpha value is -4.64. The lowest BCUT2D eigenvalue weighted by atomic mass is 10.1. The average Bonchev–Trinajstić information content (AvgIpc) is 3.39. The molecule has 0 atom stereocenters. The van der Waals surface area contributed by atoms with E-state index < -0.39 is 5.97 Å². The second-order valence-corrected chi connectivity index (χ2v) is 7.18. The van der Waals surface area contributed by atoms with Gasteiger partial charge < -0.3 is 9.15 Å². The van der Waals surface area contributed by atoms with E-state index in [9.17, 15) is 9.59 Å². The number of hydrogen-bond acceptors (Lipinski definition) is 6. The number of para-hydroxylation sites is 1. The standard InChI is InChI=1S/C25H20N4O4/c1-17-23(24(30)29(28(17)2)20-6-4-3-5-7-20)27-16-21-12-13-22(33-21)18-8-10-19(11-9-18)25(31)32-15-14-26/h3-13,16H,15H2,1-2H3. The smallest absolute Gasteiger partial charge is 0.339 e. The zero-order valence-corrected chi connectivity index (χ0v) is 18.1. The Morgan fingerprint density at radius 2 is 1.85 bits per heavy atom. The largest absolute Gasteiger partial charge is 0.455 e. The van der Waals surface area contributed by atoms with E-state index in [0.29, 0.717) is 22.8 Å². The van der Waals surface area contributed by atoms with Crippen molar-refractivity contribution in [2.45, 2.75) is 6.92 Å². The molecule has 4 rings (SSSR count). The highest BCUT2D eigenvalue weighted by Crippen LogP contribution is 2.23. The molecule has 0 aliphatic carbocycles. The number of esters is 1. The number of carbonyl (C=O) groups is 1. The van der Waals surface area contributed by atoms with Gasteiger partial charge in [-0.3, -0.25) is 9.48 Å². The van der Waals surface area contributed by atoms with Gasteiger partial charge in [-0.1, -0.05) is 30.3 Å². The molecule has 0 radical (unpaired) electrons. The minimum Gasteiger partial charge on any atom is -0.455 e. The van der Waals surface area contributed by atoms with Crippen molar-refractivity contribution in [2.24, 2.45) is 12.0 Å². The number of rotatable bonds is 6. The van der Waals surface area contributed by atoms with E-state index in [1.165, 1.54) is 6.21 Å². The second-order valence-electron chi connectivity index (χ2n) is 7.18. The predicted octanol–water partition coefficient (Wildman–Crippen LogP) is 4.18. The van der Waals surface area contributed by atoms with Gasteiger partial charge in [-0.2, -0.15) is 5.26 Å². The highest BCUT2D eigenvalue weighted by atomic mass is 16.5. The van der Waals surface area contributed by atoms with Gasteiger partial charge in [0.05, 0.1) is 23.2 Å². The fraction of sp³-hybridized carbons (Fsp3) is 0.120. The van der Waals surface area contributed by atoms with Crippen LogP contribution in [0.5, 0.6) is 0 Å². The minimum atomic E-state index is -0.560. The summed E-state index contributed by atoms with van der Waals surface area (Å²) in [5.74, 6) is 0.506. The van der Waals surface area contributed by atoms with Crippen LogP contribution in [0.15, 0.2) is 80.9 Å². The van der Waals surface area contributed by atoms with Crippen LogP contribution in [-0.4, -0.2) is 28.2 Å². The van der Waals surface area contributed by atoms with E-state index >= 15 is 0 Å². The first-order valence-electron chi connectivity index (χ1n) is 10.1. The third-order valence-corrected chi connectivity index (χ3v) is 5.14. The number of nitriles is 1. The van der Waals surface area contributed by atoms with Gasteiger partial charge in [0.25, 0.3) is 5.56 Å². The van der Waals surface area contributed by atoms with Crippen LogP contribution in [0.25, 0.3) is 17.0 Å². The maximum atomic E-state index is 13.0. The van der Waals surface area contributed by atoms with Crippen LogP contribution in [-0.2, 0) is 11.8 Å². The fourth-order valence-electron chi connectivity index (χ4n) is 3.36. The molecule has 4 aromatic rings. The van der Waals surface area contributed by atoms with Crippen molar-refractivity contribution in [1.29, 1.82) is 5.26 Å². The highest BCUT2D eigenvalue weighted by molar-refractivity contribution is 5.90. The number of aromatic nitrogens is 2. The molecule has 0 bridgehead atoms. The highest BCUT2D eigenvalue weighted by Gasteiger charge is 2.15. The molecule has 0 spiro atoms. The third-order valence-electron chi connectivity index (χ3n) is 5.14. The summed E-state index contributed by atoms with van der Waals surface area (Å²) >= 11 is 0. The Labute approximate surface area is 189 Å². The van der Waals surface area contributed by atoms with Crippen LogP contribution < -0.4 is 5.56 Å². The van der Waals surface area contributed by atoms with Gasteiger partial charge >= 0.3 is 5.97 Å². The lowest BCUT2D eigenvalue weighted by Gasteiger charge is -2.07. The Balaban J connectivity index is 1.55. The molecule has 2 heterocycles. The van der Waals surface area contributed by atoms with Crippen LogP contribution in [0.3, 0.4) is 0 Å². The summed E-state index contributed by atoms with van der Waals surface area (Å²) in [7, 11) is 1.81. The molecule has 0 saturated carbocycles. The van der Waals surface area contributed by atoms with Crippen LogP contribution in [0.1, 0.15) is 21.8 Å². The zero-order valence-electron chi connectivity index (χ0n) is 18.1. The fourth-order valence-corrected chi connectivity index (χ4v) is 3.36. The van der Waals surface area contributed by atoms with Crippen molar-refractivity contribution in [2.75, 3.05) is 6.61 Å². The third kappa shape index (κ3) is 4.38. The van der Waals surface area contributed by atoms with Crippen LogP contribution in [0.2, 0.25) is 0 Å². The average molecular weight is 440 g/mol. The summed E-state index contributed by atoms with van der Waals surface area (Å²) in [6, 6.07) is 21.3. The van der Waals surface area contributed by atoms with Gasteiger partial charge in [-0.15, -0.1) is 0 Å². The van der Waals surface area contributed by atoms with Gasteiger partial charge in [0.1, 0.15) is 17.6 Å². The summed E-state index contributed by atoms with van der Waals surface area (Å²) in [4.78, 5) is 29.2. The van der Waals surface area contributed by atoms with Crippen molar-refractivity contribution in [3.05, 3.63) is 94.1 Å². The summed E-state index contributed by atoms with van der Waals surface area (Å²) in [5.41, 5.74) is 2.70. The molecule has 0 aliphatic heterocycles. The number of furan rings is 1. The molecule has 2 aromatic heterocycles. The second kappa shape index (κ2) is 9.24. The maximum Gasteiger partial charge on any atom is 0.339 e. The van der Waals surface area contributed by atoms with Gasteiger partial charge in [0.15, 0.2) is 12.3 Å². The number of benzene rings is 2. The normalized spacial score (nSPS) is 10.9. The van der Waals surface area contributed by atoms with Crippen LogP contribution in [0.4, 0.5) is 5.69 Å². The van der Waals surface area contributed by atoms with Gasteiger partial charge in [0, 0.05) is 12.6 Å². The molecule has 0 fully saturated rings. The van der Waals surface area contributed by atoms with E-state index in [-0.39, 0.29) is 12.2 Å². The van der Waals surface area contributed by atoms with Crippen LogP contribution >= 0.6 is 0 Å². The van der Waals surface area contributed by atoms with Gasteiger partial charge in [-0.05, 0) is 43.3 Å². The van der Waals surface area contributed by atoms with Crippen molar-refractivity contribution >= 4 is 17.9 Å². The zero-order chi connectivity index (χ0) is 23.4. The summed E-state index contributed by atoms with van der Waals surface area (Å²) in [6.07, 6.45) is 1.51. The summed E-state index contributed by atoms with van der Waals surface area (Å²) in [5, 5.41) is 8.50. The lowest BCUT2D eigenvalue weighted by molar-refractivity contribution is 0.0555. The van der Waals surface area contributed by atoms with Crippen LogP contribution in [0, 0.1) is 18.3 Å². The lowest BCUT2D eigenvalue weighted by Crippen LogP contribution is -2.19. The SMILES string of the molecule is Cc1c(N=Cc2ccc(-c3ccc(C(=O)OCC#N)cc3)o2)c(=O)n(-c2ccccc2)n1C. The molecule has 2 aromatic carbocycles. The first-order valence-corrected chi connectivity index (χ1v) is 10.1. The first-order chi connectivity index (χ1) is 16.0. The van der Waals surface area contributed by atoms with E-state index in [2.05, 4.69) is 4.99 Å². The van der Waals surface area contributed by atoms with Crippen molar-refractivity contribution in [1.82, 2.24) is 9.36 Å². The quantitative estimate of drug-likeness (QED) is 0.331. The Kier molecular flexibility index (Phi) is 6.04. The van der Waals surface area contributed by atoms with E-state index in [1.807, 2.05) is 44.3 Å². The molecule has 0 N–H and O–H groups in total. The number of hydrogen-bond donors (Lipinski definition) is 0. The molecule has 164 valence electrons. The number of carbonyl (C=O) groups excluding carboxylic acids is 1. The molecule has 33 heavy (non-hydrogen) atoms. The summed E-state index contributed by atoms with van der Waals surface area (Å²) in [6.45, 7) is 1.54. The molecular weight excluding hydrogens is 420 g/mol. The minimum absolute atomic E-state index is 0.219.